The average Bonchev–Trinajstić information content (AvgIpc) is 2.90. The van der Waals surface area contributed by atoms with Crippen LogP contribution in [0.25, 0.3) is 6.08 Å². The summed E-state index contributed by atoms with van der Waals surface area (Å²) in [6, 6.07) is 10.0. The van der Waals surface area contributed by atoms with Gasteiger partial charge in [-0.3, -0.25) is 4.79 Å². The van der Waals surface area contributed by atoms with E-state index in [4.69, 9.17) is 14.2 Å². The number of Topliss-reactive ketones (excluding diaryl/α,β-unsaturated/α-hetero) is 1. The Labute approximate surface area is 137 Å². The van der Waals surface area contributed by atoms with Crippen molar-refractivity contribution in [3.63, 3.8) is 0 Å². The van der Waals surface area contributed by atoms with Gasteiger partial charge in [0.2, 0.25) is 0 Å². The van der Waals surface area contributed by atoms with Gasteiger partial charge in [-0.15, -0.1) is 0 Å². The van der Waals surface area contributed by atoms with E-state index in [0.717, 1.165) is 5.56 Å². The van der Waals surface area contributed by atoms with Crippen molar-refractivity contribution >= 4 is 11.9 Å². The van der Waals surface area contributed by atoms with Gasteiger partial charge in [0, 0.05) is 12.3 Å². The molecule has 2 aliphatic rings. The van der Waals surface area contributed by atoms with Crippen LogP contribution in [0.4, 0.5) is 0 Å². The van der Waals surface area contributed by atoms with E-state index in [1.165, 1.54) is 0 Å². The molecule has 2 fully saturated rings. The number of ether oxygens (including phenoxy) is 3. The lowest BCUT2D eigenvalue weighted by molar-refractivity contribution is -0.175. The maximum Gasteiger partial charge on any atom is 0.163 e. The molecule has 4 atom stereocenters. The van der Waals surface area contributed by atoms with Gasteiger partial charge >= 0.3 is 0 Å². The molecule has 0 spiro atoms. The van der Waals surface area contributed by atoms with Gasteiger partial charge in [0.15, 0.2) is 5.79 Å². The van der Waals surface area contributed by atoms with Gasteiger partial charge in [-0.2, -0.15) is 0 Å². The molecule has 0 radical (unpaired) electrons. The van der Waals surface area contributed by atoms with Gasteiger partial charge in [-0.05, 0) is 19.4 Å². The Kier molecular flexibility index (Phi) is 4.67. The van der Waals surface area contributed by atoms with Gasteiger partial charge in [-0.25, -0.2) is 0 Å². The molecule has 4 nitrogen and oxygen atoms in total. The molecule has 124 valence electrons. The Bertz CT molecular complexity index is 578. The van der Waals surface area contributed by atoms with Crippen LogP contribution in [0.3, 0.4) is 0 Å². The van der Waals surface area contributed by atoms with Gasteiger partial charge < -0.3 is 14.2 Å². The largest absolute Gasteiger partial charge is 0.367 e. The second kappa shape index (κ2) is 6.56. The predicted octanol–water partition coefficient (Wildman–Crippen LogP) is 3.21. The normalized spacial score (nSPS) is 34.1. The van der Waals surface area contributed by atoms with Gasteiger partial charge in [0.1, 0.15) is 11.9 Å². The molecular formula is C19H24O4. The molecule has 0 N–H and O–H groups in total. The molecule has 1 aromatic rings. The smallest absolute Gasteiger partial charge is 0.163 e. The van der Waals surface area contributed by atoms with Crippen LogP contribution in [0.15, 0.2) is 36.4 Å². The van der Waals surface area contributed by atoms with E-state index in [-0.39, 0.29) is 30.0 Å². The molecule has 1 aromatic carbocycles. The van der Waals surface area contributed by atoms with Gasteiger partial charge in [0.05, 0.1) is 18.8 Å². The lowest BCUT2D eigenvalue weighted by Crippen LogP contribution is -2.45. The van der Waals surface area contributed by atoms with E-state index in [1.54, 1.807) is 0 Å². The zero-order valence-corrected chi connectivity index (χ0v) is 13.9. The van der Waals surface area contributed by atoms with Crippen LogP contribution in [0.1, 0.15) is 32.8 Å². The quantitative estimate of drug-likeness (QED) is 0.859. The van der Waals surface area contributed by atoms with Crippen molar-refractivity contribution in [2.45, 2.75) is 51.3 Å². The molecule has 0 bridgehead atoms. The first-order valence-corrected chi connectivity index (χ1v) is 8.18. The van der Waals surface area contributed by atoms with Crippen LogP contribution in [0.2, 0.25) is 0 Å². The summed E-state index contributed by atoms with van der Waals surface area (Å²) in [6.07, 6.45) is 3.72. The van der Waals surface area contributed by atoms with E-state index in [0.29, 0.717) is 13.0 Å². The van der Waals surface area contributed by atoms with Crippen molar-refractivity contribution < 1.29 is 19.0 Å². The number of benzene rings is 1. The number of carbonyl (C=O) groups excluding carboxylic acids is 1. The van der Waals surface area contributed by atoms with E-state index in [2.05, 4.69) is 0 Å². The topological polar surface area (TPSA) is 44.8 Å². The summed E-state index contributed by atoms with van der Waals surface area (Å²) in [4.78, 5) is 12.3. The Balaban J connectivity index is 1.70. The summed E-state index contributed by atoms with van der Waals surface area (Å²) in [5.74, 6) is -0.519. The maximum atomic E-state index is 12.3. The maximum absolute atomic E-state index is 12.3. The summed E-state index contributed by atoms with van der Waals surface area (Å²) in [5.41, 5.74) is 1.10. The zero-order chi connectivity index (χ0) is 16.4. The lowest BCUT2D eigenvalue weighted by Gasteiger charge is -2.34. The SMILES string of the molecule is C[C@@H]1C(=O)C[C@H]([C@H]2COC(C)(C)O2)O[C@@H]1/C=C/c1ccccc1. The molecule has 4 heteroatoms. The van der Waals surface area contributed by atoms with Crippen molar-refractivity contribution in [3.8, 4) is 0 Å². The summed E-state index contributed by atoms with van der Waals surface area (Å²) >= 11 is 0. The first kappa shape index (κ1) is 16.4. The van der Waals surface area contributed by atoms with E-state index < -0.39 is 5.79 Å². The van der Waals surface area contributed by atoms with Crippen molar-refractivity contribution in [2.24, 2.45) is 5.92 Å². The Hall–Kier alpha value is -1.49. The van der Waals surface area contributed by atoms with Crippen LogP contribution in [-0.2, 0) is 19.0 Å². The van der Waals surface area contributed by atoms with Crippen molar-refractivity contribution in [3.05, 3.63) is 42.0 Å². The molecule has 0 unspecified atom stereocenters. The molecule has 3 rings (SSSR count). The molecule has 0 aromatic heterocycles. The standard InChI is InChI=1S/C19H24O4/c1-13-15(20)11-17(18-12-21-19(2,3)23-18)22-16(13)10-9-14-7-5-4-6-8-14/h4-10,13,16-18H,11-12H2,1-3H3/b10-9+/t13-,16-,17-,18-/m1/s1. The van der Waals surface area contributed by atoms with E-state index in [9.17, 15) is 4.79 Å². The molecular weight excluding hydrogens is 292 g/mol. The van der Waals surface area contributed by atoms with Crippen LogP contribution < -0.4 is 0 Å². The number of hydrogen-bond acceptors (Lipinski definition) is 4. The third-order valence-corrected chi connectivity index (χ3v) is 4.46. The Morgan fingerprint density at radius 1 is 1.17 bits per heavy atom. The van der Waals surface area contributed by atoms with E-state index in [1.807, 2.05) is 63.3 Å². The third kappa shape index (κ3) is 3.89. The van der Waals surface area contributed by atoms with Crippen LogP contribution >= 0.6 is 0 Å². The Morgan fingerprint density at radius 2 is 1.91 bits per heavy atom. The molecule has 2 heterocycles. The molecule has 0 aliphatic carbocycles. The van der Waals surface area contributed by atoms with Crippen LogP contribution in [0, 0.1) is 5.92 Å². The fourth-order valence-electron chi connectivity index (χ4n) is 3.04. The monoisotopic (exact) mass is 316 g/mol. The summed E-state index contributed by atoms with van der Waals surface area (Å²) in [7, 11) is 0. The first-order chi connectivity index (χ1) is 10.9. The number of rotatable bonds is 3. The van der Waals surface area contributed by atoms with Crippen molar-refractivity contribution in [1.82, 2.24) is 0 Å². The highest BCUT2D eigenvalue weighted by Crippen LogP contribution is 2.32. The average molecular weight is 316 g/mol. The number of ketones is 1. The second-order valence-corrected chi connectivity index (χ2v) is 6.74. The fourth-order valence-corrected chi connectivity index (χ4v) is 3.04. The summed E-state index contributed by atoms with van der Waals surface area (Å²) in [6.45, 7) is 6.16. The highest BCUT2D eigenvalue weighted by Gasteiger charge is 2.43. The molecule has 2 saturated heterocycles. The summed E-state index contributed by atoms with van der Waals surface area (Å²) < 4.78 is 17.6. The molecule has 2 aliphatic heterocycles. The number of carbonyl (C=O) groups is 1. The van der Waals surface area contributed by atoms with Crippen LogP contribution in [0.5, 0.6) is 0 Å². The second-order valence-electron chi connectivity index (χ2n) is 6.74. The molecule has 0 saturated carbocycles. The summed E-state index contributed by atoms with van der Waals surface area (Å²) in [5, 5.41) is 0. The minimum atomic E-state index is -0.602. The number of hydrogen-bond donors (Lipinski definition) is 0. The Morgan fingerprint density at radius 3 is 2.57 bits per heavy atom. The highest BCUT2D eigenvalue weighted by molar-refractivity contribution is 5.83. The predicted molar refractivity (Wildman–Crippen MR) is 87.8 cm³/mol. The van der Waals surface area contributed by atoms with Gasteiger partial charge in [0.25, 0.3) is 0 Å². The van der Waals surface area contributed by atoms with Crippen LogP contribution in [-0.4, -0.2) is 36.5 Å². The minimum absolute atomic E-state index is 0.137. The highest BCUT2D eigenvalue weighted by atomic mass is 16.7. The molecule has 0 amide bonds. The molecule has 23 heavy (non-hydrogen) atoms. The lowest BCUT2D eigenvalue weighted by atomic mass is 9.89. The fraction of sp³-hybridized carbons (Fsp3) is 0.526. The van der Waals surface area contributed by atoms with E-state index >= 15 is 0 Å². The van der Waals surface area contributed by atoms with Crippen molar-refractivity contribution in [1.29, 1.82) is 0 Å². The zero-order valence-electron chi connectivity index (χ0n) is 13.9. The third-order valence-electron chi connectivity index (χ3n) is 4.46. The van der Waals surface area contributed by atoms with Gasteiger partial charge in [-0.1, -0.05) is 49.4 Å². The van der Waals surface area contributed by atoms with Crippen molar-refractivity contribution in [2.75, 3.05) is 6.61 Å². The first-order valence-electron chi connectivity index (χ1n) is 8.18. The minimum Gasteiger partial charge on any atom is -0.367 e.